The number of carbonyl (C=O) groups is 1. The van der Waals surface area contributed by atoms with E-state index in [4.69, 9.17) is 18.6 Å². The molecule has 1 radical (unpaired) electrons. The van der Waals surface area contributed by atoms with Crippen molar-refractivity contribution < 1.29 is 23.4 Å². The van der Waals surface area contributed by atoms with Crippen LogP contribution in [0.2, 0.25) is 0 Å². The third kappa shape index (κ3) is 4.96. The minimum atomic E-state index is -0.767. The van der Waals surface area contributed by atoms with Crippen LogP contribution in [0.1, 0.15) is 6.42 Å². The van der Waals surface area contributed by atoms with Gasteiger partial charge in [0.15, 0.2) is 6.29 Å². The van der Waals surface area contributed by atoms with Gasteiger partial charge in [0.05, 0.1) is 12.9 Å². The van der Waals surface area contributed by atoms with Crippen molar-refractivity contribution >= 4 is 16.5 Å². The predicted octanol–water partition coefficient (Wildman–Crippen LogP) is -0.446. The van der Waals surface area contributed by atoms with Crippen LogP contribution in [0.3, 0.4) is 0 Å². The molecule has 0 atom stereocenters. The van der Waals surface area contributed by atoms with Crippen LogP contribution in [0.15, 0.2) is 11.8 Å². The van der Waals surface area contributed by atoms with Crippen molar-refractivity contribution in [1.29, 1.82) is 0 Å². The zero-order chi connectivity index (χ0) is 11.7. The molecule has 0 heterocycles. The first-order valence-corrected chi connectivity index (χ1v) is 5.27. The Morgan fingerprint density at radius 2 is 2.07 bits per heavy atom. The SMILES string of the molecule is [CH2]CCOC(=O)C(=CO[SiH3])C(OC)OC. The molecule has 0 aromatic rings. The van der Waals surface area contributed by atoms with Gasteiger partial charge in [-0.15, -0.1) is 0 Å². The van der Waals surface area contributed by atoms with Gasteiger partial charge >= 0.3 is 5.97 Å². The standard InChI is InChI=1S/C9H17O5Si/c1-4-5-13-8(10)7(6-14-15)9(11-2)12-3/h6,9H,1,4-5H2,2-3,15H3. The summed E-state index contributed by atoms with van der Waals surface area (Å²) >= 11 is 0. The highest BCUT2D eigenvalue weighted by molar-refractivity contribution is 5.99. The van der Waals surface area contributed by atoms with Gasteiger partial charge in [-0.25, -0.2) is 4.79 Å². The van der Waals surface area contributed by atoms with Crippen LogP contribution < -0.4 is 0 Å². The molecule has 0 N–H and O–H groups in total. The first-order valence-electron chi connectivity index (χ1n) is 4.46. The van der Waals surface area contributed by atoms with Crippen LogP contribution >= 0.6 is 0 Å². The van der Waals surface area contributed by atoms with E-state index in [0.717, 1.165) is 0 Å². The number of esters is 1. The van der Waals surface area contributed by atoms with E-state index in [1.54, 1.807) is 0 Å². The van der Waals surface area contributed by atoms with E-state index < -0.39 is 12.3 Å². The largest absolute Gasteiger partial charge is 0.558 e. The molecule has 0 aliphatic rings. The second-order valence-electron chi connectivity index (χ2n) is 2.60. The van der Waals surface area contributed by atoms with E-state index in [1.807, 2.05) is 0 Å². The lowest BCUT2D eigenvalue weighted by molar-refractivity contribution is -0.146. The lowest BCUT2D eigenvalue weighted by atomic mass is 10.3. The fraction of sp³-hybridized carbons (Fsp3) is 0.556. The molecule has 0 saturated carbocycles. The zero-order valence-corrected chi connectivity index (χ0v) is 11.3. The van der Waals surface area contributed by atoms with E-state index in [-0.39, 0.29) is 12.2 Å². The second kappa shape index (κ2) is 8.45. The molecule has 6 heteroatoms. The van der Waals surface area contributed by atoms with Crippen molar-refractivity contribution in [3.8, 4) is 0 Å². The summed E-state index contributed by atoms with van der Waals surface area (Å²) in [6, 6.07) is 0. The molecule has 0 amide bonds. The third-order valence-electron chi connectivity index (χ3n) is 1.54. The number of hydrogen-bond acceptors (Lipinski definition) is 5. The highest BCUT2D eigenvalue weighted by Gasteiger charge is 2.22. The fourth-order valence-corrected chi connectivity index (χ4v) is 1.18. The third-order valence-corrected chi connectivity index (χ3v) is 1.78. The molecular formula is C9H17O5Si. The molecule has 87 valence electrons. The molecule has 0 aliphatic heterocycles. The minimum Gasteiger partial charge on any atom is -0.558 e. The Morgan fingerprint density at radius 3 is 2.47 bits per heavy atom. The quantitative estimate of drug-likeness (QED) is 0.196. The van der Waals surface area contributed by atoms with Crippen LogP contribution in [-0.2, 0) is 23.4 Å². The first-order chi connectivity index (χ1) is 7.21. The normalized spacial score (nSPS) is 11.9. The number of hydrogen-bond donors (Lipinski definition) is 0. The summed E-state index contributed by atoms with van der Waals surface area (Å²) in [6.07, 6.45) is 1.05. The van der Waals surface area contributed by atoms with Crippen molar-refractivity contribution in [1.82, 2.24) is 0 Å². The molecule has 0 fully saturated rings. The number of carbonyl (C=O) groups excluding carboxylic acids is 1. The molecule has 0 unspecified atom stereocenters. The van der Waals surface area contributed by atoms with Crippen molar-refractivity contribution in [3.05, 3.63) is 18.8 Å². The van der Waals surface area contributed by atoms with Crippen LogP contribution in [0.4, 0.5) is 0 Å². The van der Waals surface area contributed by atoms with Gasteiger partial charge in [0.2, 0.25) is 10.5 Å². The summed E-state index contributed by atoms with van der Waals surface area (Å²) in [7, 11) is 3.35. The average molecular weight is 233 g/mol. The Morgan fingerprint density at radius 1 is 1.47 bits per heavy atom. The molecule has 0 rings (SSSR count). The molecule has 0 spiro atoms. The topological polar surface area (TPSA) is 54.0 Å². The van der Waals surface area contributed by atoms with Gasteiger partial charge in [-0.05, 0) is 13.3 Å². The molecule has 0 aliphatic carbocycles. The lowest BCUT2D eigenvalue weighted by Gasteiger charge is -2.15. The molecular weight excluding hydrogens is 216 g/mol. The second-order valence-corrected chi connectivity index (χ2v) is 3.07. The predicted molar refractivity (Wildman–Crippen MR) is 57.8 cm³/mol. The van der Waals surface area contributed by atoms with Crippen LogP contribution in [0.5, 0.6) is 0 Å². The number of rotatable bonds is 7. The van der Waals surface area contributed by atoms with Crippen LogP contribution in [0.25, 0.3) is 0 Å². The van der Waals surface area contributed by atoms with Crippen molar-refractivity contribution in [3.63, 3.8) is 0 Å². The van der Waals surface area contributed by atoms with Gasteiger partial charge in [0.25, 0.3) is 0 Å². The van der Waals surface area contributed by atoms with Crippen molar-refractivity contribution in [2.75, 3.05) is 20.8 Å². The average Bonchev–Trinajstić information content (AvgIpc) is 2.26. The maximum absolute atomic E-state index is 11.5. The summed E-state index contributed by atoms with van der Waals surface area (Å²) < 4.78 is 19.7. The van der Waals surface area contributed by atoms with Gasteiger partial charge in [-0.1, -0.05) is 0 Å². The minimum absolute atomic E-state index is 0.212. The highest BCUT2D eigenvalue weighted by Crippen LogP contribution is 2.09. The maximum Gasteiger partial charge on any atom is 0.342 e. The molecule has 15 heavy (non-hydrogen) atoms. The lowest BCUT2D eigenvalue weighted by Crippen LogP contribution is -2.24. The van der Waals surface area contributed by atoms with E-state index >= 15 is 0 Å². The summed E-state index contributed by atoms with van der Waals surface area (Å²) in [5.74, 6) is -0.511. The fourth-order valence-electron chi connectivity index (χ4n) is 0.925. The summed E-state index contributed by atoms with van der Waals surface area (Å²) in [5, 5.41) is 0. The summed E-state index contributed by atoms with van der Waals surface area (Å²) in [6.45, 7) is 3.83. The van der Waals surface area contributed by atoms with Gasteiger partial charge in [0.1, 0.15) is 5.57 Å². The molecule has 0 bridgehead atoms. The van der Waals surface area contributed by atoms with Crippen LogP contribution in [0, 0.1) is 6.92 Å². The number of ether oxygens (including phenoxy) is 3. The van der Waals surface area contributed by atoms with E-state index in [2.05, 4.69) is 6.92 Å². The summed E-state index contributed by atoms with van der Waals surface area (Å²) in [4.78, 5) is 11.5. The van der Waals surface area contributed by atoms with Gasteiger partial charge < -0.3 is 18.6 Å². The van der Waals surface area contributed by atoms with E-state index in [0.29, 0.717) is 16.9 Å². The van der Waals surface area contributed by atoms with Gasteiger partial charge in [-0.3, -0.25) is 0 Å². The van der Waals surface area contributed by atoms with Crippen molar-refractivity contribution in [2.24, 2.45) is 0 Å². The van der Waals surface area contributed by atoms with E-state index in [9.17, 15) is 4.79 Å². The highest BCUT2D eigenvalue weighted by atomic mass is 28.2. The Bertz CT molecular complexity index is 213. The Kier molecular flexibility index (Phi) is 7.97. The molecule has 0 aromatic heterocycles. The monoisotopic (exact) mass is 233 g/mol. The molecule has 0 saturated heterocycles. The Balaban J connectivity index is 4.50. The zero-order valence-electron chi connectivity index (χ0n) is 9.32. The van der Waals surface area contributed by atoms with Crippen LogP contribution in [-0.4, -0.2) is 43.6 Å². The Hall–Kier alpha value is -0.853. The van der Waals surface area contributed by atoms with Gasteiger partial charge in [-0.2, -0.15) is 0 Å². The van der Waals surface area contributed by atoms with Gasteiger partial charge in [0, 0.05) is 14.2 Å². The first kappa shape index (κ1) is 14.1. The molecule has 5 nitrogen and oxygen atoms in total. The molecule has 0 aromatic carbocycles. The summed E-state index contributed by atoms with van der Waals surface area (Å²) in [5.41, 5.74) is 0.212. The maximum atomic E-state index is 11.5. The van der Waals surface area contributed by atoms with Crippen molar-refractivity contribution in [2.45, 2.75) is 12.7 Å². The number of methoxy groups -OCH3 is 2. The Labute approximate surface area is 92.9 Å². The van der Waals surface area contributed by atoms with E-state index in [1.165, 1.54) is 20.5 Å². The smallest absolute Gasteiger partial charge is 0.342 e.